The molecule has 1 N–H and O–H groups in total. The van der Waals surface area contributed by atoms with Gasteiger partial charge in [0, 0.05) is 6.07 Å². The molecule has 0 atom stereocenters. The minimum Gasteiger partial charge on any atom is -0.477 e. The number of nitrogens with zero attached hydrogens (tertiary/aromatic N) is 1. The van der Waals surface area contributed by atoms with Gasteiger partial charge in [0.15, 0.2) is 5.69 Å². The molecule has 0 radical (unpaired) electrons. The summed E-state index contributed by atoms with van der Waals surface area (Å²) in [7, 11) is 0. The fourth-order valence-corrected chi connectivity index (χ4v) is 1.19. The number of carboxylic acid groups (broad SMARTS) is 1. The van der Waals surface area contributed by atoms with Crippen molar-refractivity contribution in [2.24, 2.45) is 0 Å². The number of aromatic nitrogens is 1. The molecule has 1 aromatic heterocycles. The lowest BCUT2D eigenvalue weighted by Crippen LogP contribution is -2.20. The van der Waals surface area contributed by atoms with E-state index in [0.29, 0.717) is 6.07 Å². The highest BCUT2D eigenvalue weighted by molar-refractivity contribution is 6.17. The molecule has 1 rings (SSSR count). The van der Waals surface area contributed by atoms with Gasteiger partial charge >= 0.3 is 12.3 Å². The first-order valence-electron chi connectivity index (χ1n) is 3.99. The molecule has 17 heavy (non-hydrogen) atoms. The Morgan fingerprint density at radius 2 is 2.12 bits per heavy atom. The number of ether oxygens (including phenoxy) is 1. The first-order valence-corrected chi connectivity index (χ1v) is 4.52. The highest BCUT2D eigenvalue weighted by atomic mass is 35.5. The van der Waals surface area contributed by atoms with Crippen molar-refractivity contribution in [2.45, 2.75) is 12.2 Å². The van der Waals surface area contributed by atoms with E-state index >= 15 is 0 Å². The Bertz CT molecular complexity index is 449. The normalized spacial score (nSPS) is 11.4. The molecule has 0 unspecified atom stereocenters. The van der Waals surface area contributed by atoms with E-state index in [1.54, 1.807) is 0 Å². The van der Waals surface area contributed by atoms with Crippen molar-refractivity contribution in [1.29, 1.82) is 0 Å². The Balaban J connectivity index is 3.29. The molecule has 0 aliphatic rings. The lowest BCUT2D eigenvalue weighted by molar-refractivity contribution is -0.276. The highest BCUT2D eigenvalue weighted by Gasteiger charge is 2.34. The van der Waals surface area contributed by atoms with E-state index in [2.05, 4.69) is 9.72 Å². The molecule has 0 aromatic carbocycles. The molecule has 0 saturated carbocycles. The third-order valence-corrected chi connectivity index (χ3v) is 1.86. The van der Waals surface area contributed by atoms with Crippen molar-refractivity contribution < 1.29 is 32.2 Å². The van der Waals surface area contributed by atoms with Gasteiger partial charge in [-0.25, -0.2) is 14.2 Å². The summed E-state index contributed by atoms with van der Waals surface area (Å²) in [5.74, 6) is -4.75. The van der Waals surface area contributed by atoms with Crippen molar-refractivity contribution >= 4 is 17.6 Å². The fourth-order valence-electron chi connectivity index (χ4n) is 0.943. The zero-order valence-electron chi connectivity index (χ0n) is 7.89. The Morgan fingerprint density at radius 3 is 2.53 bits per heavy atom. The SMILES string of the molecule is O=C(O)c1cc(F)c(CCl)c(OC(F)(F)F)n1. The topological polar surface area (TPSA) is 59.4 Å². The van der Waals surface area contributed by atoms with E-state index < -0.39 is 41.2 Å². The van der Waals surface area contributed by atoms with Gasteiger partial charge in [-0.1, -0.05) is 0 Å². The minimum atomic E-state index is -5.11. The summed E-state index contributed by atoms with van der Waals surface area (Å²) in [6.07, 6.45) is -5.11. The van der Waals surface area contributed by atoms with Crippen LogP contribution in [0, 0.1) is 5.82 Å². The van der Waals surface area contributed by atoms with E-state index in [1.807, 2.05) is 0 Å². The van der Waals surface area contributed by atoms with Crippen LogP contribution in [-0.4, -0.2) is 22.4 Å². The first-order chi connectivity index (χ1) is 7.74. The zero-order valence-corrected chi connectivity index (χ0v) is 8.64. The summed E-state index contributed by atoms with van der Waals surface area (Å²) in [5, 5.41) is 8.50. The third-order valence-electron chi connectivity index (χ3n) is 1.60. The van der Waals surface area contributed by atoms with Gasteiger partial charge in [-0.2, -0.15) is 0 Å². The number of carbonyl (C=O) groups is 1. The van der Waals surface area contributed by atoms with Crippen LogP contribution in [0.4, 0.5) is 17.6 Å². The predicted molar refractivity (Wildman–Crippen MR) is 47.4 cm³/mol. The van der Waals surface area contributed by atoms with Crippen molar-refractivity contribution in [3.8, 4) is 5.88 Å². The fraction of sp³-hybridized carbons (Fsp3) is 0.250. The Labute approximate surface area is 96.8 Å². The molecule has 0 saturated heterocycles. The number of halogens is 5. The molecule has 0 aliphatic carbocycles. The van der Waals surface area contributed by atoms with Crippen LogP contribution >= 0.6 is 11.6 Å². The second-order valence-corrected chi connectivity index (χ2v) is 3.03. The monoisotopic (exact) mass is 273 g/mol. The number of carboxylic acids is 1. The maximum absolute atomic E-state index is 13.2. The number of hydrogen-bond acceptors (Lipinski definition) is 3. The summed E-state index contributed by atoms with van der Waals surface area (Å²) in [4.78, 5) is 13.5. The van der Waals surface area contributed by atoms with Crippen molar-refractivity contribution in [2.75, 3.05) is 0 Å². The summed E-state index contributed by atoms with van der Waals surface area (Å²) in [5.41, 5.74) is -1.57. The van der Waals surface area contributed by atoms with Gasteiger partial charge in [-0.3, -0.25) is 0 Å². The lowest BCUT2D eigenvalue weighted by atomic mass is 10.2. The summed E-state index contributed by atoms with van der Waals surface area (Å²) in [6, 6.07) is 0.462. The zero-order chi connectivity index (χ0) is 13.2. The lowest BCUT2D eigenvalue weighted by Gasteiger charge is -2.12. The molecular weight excluding hydrogens is 270 g/mol. The second-order valence-electron chi connectivity index (χ2n) is 2.76. The number of aromatic carboxylic acids is 1. The average molecular weight is 274 g/mol. The van der Waals surface area contributed by atoms with E-state index in [1.165, 1.54) is 0 Å². The molecule has 1 heterocycles. The summed E-state index contributed by atoms with van der Waals surface area (Å²) in [6.45, 7) is 0. The van der Waals surface area contributed by atoms with Crippen molar-refractivity contribution in [1.82, 2.24) is 4.98 Å². The van der Waals surface area contributed by atoms with Gasteiger partial charge in [0.25, 0.3) is 0 Å². The maximum Gasteiger partial charge on any atom is 0.574 e. The standard InChI is InChI=1S/C8H4ClF4NO3/c9-2-3-4(10)1-5(7(15)16)14-6(3)17-8(11,12)13/h1H,2H2,(H,15,16). The Kier molecular flexibility index (Phi) is 3.76. The van der Waals surface area contributed by atoms with E-state index in [-0.39, 0.29) is 0 Å². The van der Waals surface area contributed by atoms with Crippen molar-refractivity contribution in [3.05, 3.63) is 23.1 Å². The summed E-state index contributed by atoms with van der Waals surface area (Å²) < 4.78 is 52.4. The van der Waals surface area contributed by atoms with E-state index in [9.17, 15) is 22.4 Å². The number of rotatable bonds is 3. The van der Waals surface area contributed by atoms with Gasteiger partial charge in [-0.05, 0) is 0 Å². The third kappa shape index (κ3) is 3.45. The molecule has 0 spiro atoms. The molecule has 0 aliphatic heterocycles. The van der Waals surface area contributed by atoms with Crippen LogP contribution in [0.1, 0.15) is 16.1 Å². The van der Waals surface area contributed by atoms with Crippen LogP contribution in [-0.2, 0) is 5.88 Å². The Morgan fingerprint density at radius 1 is 1.53 bits per heavy atom. The quantitative estimate of drug-likeness (QED) is 0.679. The Hall–Kier alpha value is -1.57. The highest BCUT2D eigenvalue weighted by Crippen LogP contribution is 2.28. The van der Waals surface area contributed by atoms with E-state index in [4.69, 9.17) is 16.7 Å². The predicted octanol–water partition coefficient (Wildman–Crippen LogP) is 2.56. The average Bonchev–Trinajstić information content (AvgIpc) is 2.14. The molecule has 4 nitrogen and oxygen atoms in total. The molecule has 0 amide bonds. The number of pyridine rings is 1. The largest absolute Gasteiger partial charge is 0.574 e. The molecule has 9 heteroatoms. The van der Waals surface area contributed by atoms with Crippen molar-refractivity contribution in [3.63, 3.8) is 0 Å². The second kappa shape index (κ2) is 4.74. The van der Waals surface area contributed by atoms with Crippen LogP contribution in [0.25, 0.3) is 0 Å². The number of alkyl halides is 4. The van der Waals surface area contributed by atoms with Crippen LogP contribution in [0.5, 0.6) is 5.88 Å². The molecular formula is C8H4ClF4NO3. The first kappa shape index (κ1) is 13.5. The number of hydrogen-bond donors (Lipinski definition) is 1. The maximum atomic E-state index is 13.2. The van der Waals surface area contributed by atoms with Gasteiger partial charge in [0.1, 0.15) is 5.82 Å². The summed E-state index contributed by atoms with van der Waals surface area (Å²) >= 11 is 5.22. The molecule has 94 valence electrons. The van der Waals surface area contributed by atoms with Gasteiger partial charge in [0.2, 0.25) is 5.88 Å². The van der Waals surface area contributed by atoms with E-state index in [0.717, 1.165) is 0 Å². The smallest absolute Gasteiger partial charge is 0.477 e. The van der Waals surface area contributed by atoms with Gasteiger partial charge in [-0.15, -0.1) is 24.8 Å². The van der Waals surface area contributed by atoms with Gasteiger partial charge in [0.05, 0.1) is 11.4 Å². The van der Waals surface area contributed by atoms with Crippen LogP contribution < -0.4 is 4.74 Å². The minimum absolute atomic E-state index is 0.462. The molecule has 1 aromatic rings. The molecule has 0 bridgehead atoms. The van der Waals surface area contributed by atoms with Crippen LogP contribution in [0.15, 0.2) is 6.07 Å². The van der Waals surface area contributed by atoms with Crippen LogP contribution in [0.3, 0.4) is 0 Å². The van der Waals surface area contributed by atoms with Crippen LogP contribution in [0.2, 0.25) is 0 Å². The molecule has 0 fully saturated rings. The van der Waals surface area contributed by atoms with Gasteiger partial charge < -0.3 is 9.84 Å².